The summed E-state index contributed by atoms with van der Waals surface area (Å²) >= 11 is 0. The molecule has 0 radical (unpaired) electrons. The highest BCUT2D eigenvalue weighted by Crippen LogP contribution is 2.26. The molecule has 27 heavy (non-hydrogen) atoms. The lowest BCUT2D eigenvalue weighted by molar-refractivity contribution is -0.274. The molecule has 1 heterocycles. The van der Waals surface area contributed by atoms with Gasteiger partial charge in [0.05, 0.1) is 7.11 Å². The van der Waals surface area contributed by atoms with Crippen molar-refractivity contribution >= 4 is 29.9 Å². The second kappa shape index (κ2) is 10.8. The van der Waals surface area contributed by atoms with Gasteiger partial charge in [-0.2, -0.15) is 0 Å². The first kappa shape index (κ1) is 22.8. The van der Waals surface area contributed by atoms with Gasteiger partial charge in [-0.05, 0) is 12.1 Å². The number of hydrogen-bond acceptors (Lipinski definition) is 4. The van der Waals surface area contributed by atoms with Gasteiger partial charge in [0.25, 0.3) is 0 Å². The van der Waals surface area contributed by atoms with Crippen LogP contribution in [0, 0.1) is 0 Å². The van der Waals surface area contributed by atoms with Crippen LogP contribution in [0.5, 0.6) is 11.6 Å². The second-order valence-electron chi connectivity index (χ2n) is 5.11. The second-order valence-corrected chi connectivity index (χ2v) is 5.11. The average molecular weight is 496 g/mol. The Kier molecular flexibility index (Phi) is 9.12. The van der Waals surface area contributed by atoms with Crippen LogP contribution in [0.2, 0.25) is 0 Å². The van der Waals surface area contributed by atoms with Gasteiger partial charge < -0.3 is 20.1 Å². The first-order chi connectivity index (χ1) is 12.4. The predicted molar refractivity (Wildman–Crippen MR) is 106 cm³/mol. The molecule has 10 heteroatoms. The molecular weight excluding hydrogens is 476 g/mol. The fourth-order valence-electron chi connectivity index (χ4n) is 2.20. The van der Waals surface area contributed by atoms with E-state index in [0.717, 1.165) is 5.56 Å². The number of pyridine rings is 1. The topological polar surface area (TPSA) is 67.8 Å². The zero-order valence-electron chi connectivity index (χ0n) is 14.7. The van der Waals surface area contributed by atoms with Crippen molar-refractivity contribution < 1.29 is 22.6 Å². The summed E-state index contributed by atoms with van der Waals surface area (Å²) in [4.78, 5) is 8.14. The quantitative estimate of drug-likeness (QED) is 0.365. The predicted octanol–water partition coefficient (Wildman–Crippen LogP) is 3.47. The molecule has 0 spiro atoms. The average Bonchev–Trinajstić information content (AvgIpc) is 2.62. The van der Waals surface area contributed by atoms with Gasteiger partial charge in [0.2, 0.25) is 5.88 Å². The molecular formula is C17H20F3IN4O2. The fraction of sp³-hybridized carbons (Fsp3) is 0.294. The van der Waals surface area contributed by atoms with E-state index in [4.69, 9.17) is 4.74 Å². The molecule has 0 fully saturated rings. The van der Waals surface area contributed by atoms with Crippen LogP contribution in [0.25, 0.3) is 0 Å². The van der Waals surface area contributed by atoms with Crippen molar-refractivity contribution in [2.24, 2.45) is 4.99 Å². The lowest BCUT2D eigenvalue weighted by atomic mass is 10.2. The Balaban J connectivity index is 0.00000364. The smallest absolute Gasteiger partial charge is 0.481 e. The normalized spacial score (nSPS) is 11.4. The zero-order chi connectivity index (χ0) is 19.0. The lowest BCUT2D eigenvalue weighted by Crippen LogP contribution is -2.36. The summed E-state index contributed by atoms with van der Waals surface area (Å²) in [5.41, 5.74) is 1.17. The molecule has 2 N–H and O–H groups in total. The standard InChI is InChI=1S/C17H19F3N4O2.HI/c1-21-16(24-11-13-7-5-9-22-15(13)25-2)23-10-12-6-3-4-8-14(12)26-17(18,19)20;/h3-9H,10-11H2,1-2H3,(H2,21,23,24);1H. The molecule has 0 atom stereocenters. The van der Waals surface area contributed by atoms with Crippen molar-refractivity contribution in [2.75, 3.05) is 14.2 Å². The Morgan fingerprint density at radius 1 is 1.07 bits per heavy atom. The first-order valence-corrected chi connectivity index (χ1v) is 7.69. The van der Waals surface area contributed by atoms with Crippen LogP contribution in [-0.4, -0.2) is 31.5 Å². The number of hydrogen-bond donors (Lipinski definition) is 2. The molecule has 0 saturated heterocycles. The number of para-hydroxylation sites is 1. The molecule has 0 amide bonds. The Morgan fingerprint density at radius 2 is 1.70 bits per heavy atom. The van der Waals surface area contributed by atoms with E-state index in [-0.39, 0.29) is 36.3 Å². The fourth-order valence-corrected chi connectivity index (χ4v) is 2.20. The highest BCUT2D eigenvalue weighted by atomic mass is 127. The van der Waals surface area contributed by atoms with Gasteiger partial charge in [-0.1, -0.05) is 24.3 Å². The number of guanidine groups is 1. The van der Waals surface area contributed by atoms with Crippen LogP contribution in [-0.2, 0) is 13.1 Å². The molecule has 0 saturated carbocycles. The van der Waals surface area contributed by atoms with Crippen molar-refractivity contribution in [1.29, 1.82) is 0 Å². The van der Waals surface area contributed by atoms with E-state index in [1.54, 1.807) is 31.4 Å². The summed E-state index contributed by atoms with van der Waals surface area (Å²) in [5, 5.41) is 6.00. The van der Waals surface area contributed by atoms with Crippen LogP contribution < -0.4 is 20.1 Å². The van der Waals surface area contributed by atoms with Gasteiger partial charge in [0.1, 0.15) is 5.75 Å². The number of methoxy groups -OCH3 is 1. The van der Waals surface area contributed by atoms with Gasteiger partial charge in [-0.3, -0.25) is 4.99 Å². The highest BCUT2D eigenvalue weighted by Gasteiger charge is 2.31. The van der Waals surface area contributed by atoms with Crippen molar-refractivity contribution in [3.05, 3.63) is 53.7 Å². The van der Waals surface area contributed by atoms with E-state index in [2.05, 4.69) is 25.3 Å². The van der Waals surface area contributed by atoms with Gasteiger partial charge in [0, 0.05) is 37.5 Å². The van der Waals surface area contributed by atoms with E-state index < -0.39 is 6.36 Å². The van der Waals surface area contributed by atoms with Gasteiger partial charge >= 0.3 is 6.36 Å². The summed E-state index contributed by atoms with van der Waals surface area (Å²) in [6.45, 7) is 0.494. The van der Waals surface area contributed by atoms with Crippen LogP contribution in [0.15, 0.2) is 47.6 Å². The van der Waals surface area contributed by atoms with Crippen molar-refractivity contribution in [3.8, 4) is 11.6 Å². The minimum atomic E-state index is -4.74. The molecule has 148 valence electrons. The maximum Gasteiger partial charge on any atom is 0.573 e. The summed E-state index contributed by atoms with van der Waals surface area (Å²) in [5.74, 6) is 0.647. The van der Waals surface area contributed by atoms with E-state index in [1.807, 2.05) is 6.07 Å². The zero-order valence-corrected chi connectivity index (χ0v) is 17.0. The molecule has 0 aliphatic carbocycles. The summed E-state index contributed by atoms with van der Waals surface area (Å²) < 4.78 is 46.6. The molecule has 6 nitrogen and oxygen atoms in total. The van der Waals surface area contributed by atoms with Crippen molar-refractivity contribution in [2.45, 2.75) is 19.5 Å². The van der Waals surface area contributed by atoms with E-state index in [1.165, 1.54) is 19.2 Å². The number of aromatic nitrogens is 1. The van der Waals surface area contributed by atoms with Gasteiger partial charge in [0.15, 0.2) is 5.96 Å². The van der Waals surface area contributed by atoms with E-state index in [9.17, 15) is 13.2 Å². The molecule has 0 unspecified atom stereocenters. The maximum absolute atomic E-state index is 12.5. The third-order valence-corrected chi connectivity index (χ3v) is 3.36. The monoisotopic (exact) mass is 496 g/mol. The number of nitrogens with one attached hydrogen (secondary N) is 2. The first-order valence-electron chi connectivity index (χ1n) is 7.69. The third kappa shape index (κ3) is 7.49. The SMILES string of the molecule is CN=C(NCc1ccccc1OC(F)(F)F)NCc1cccnc1OC.I. The number of ether oxygens (including phenoxy) is 2. The molecule has 1 aromatic heterocycles. The van der Waals surface area contributed by atoms with Crippen molar-refractivity contribution in [3.63, 3.8) is 0 Å². The third-order valence-electron chi connectivity index (χ3n) is 3.36. The summed E-state index contributed by atoms with van der Waals surface area (Å²) in [6, 6.07) is 9.55. The van der Waals surface area contributed by atoms with Crippen LogP contribution >= 0.6 is 24.0 Å². The summed E-state index contributed by atoms with van der Waals surface area (Å²) in [6.07, 6.45) is -3.13. The van der Waals surface area contributed by atoms with Crippen molar-refractivity contribution in [1.82, 2.24) is 15.6 Å². The van der Waals surface area contributed by atoms with Gasteiger partial charge in [-0.25, -0.2) is 4.98 Å². The number of nitrogens with zero attached hydrogens (tertiary/aromatic N) is 2. The molecule has 2 aromatic rings. The minimum absolute atomic E-state index is 0. The molecule has 2 rings (SSSR count). The number of benzene rings is 1. The van der Waals surface area contributed by atoms with E-state index in [0.29, 0.717) is 23.9 Å². The Morgan fingerprint density at radius 3 is 2.33 bits per heavy atom. The molecule has 0 bridgehead atoms. The highest BCUT2D eigenvalue weighted by molar-refractivity contribution is 14.0. The Labute approximate surface area is 172 Å². The minimum Gasteiger partial charge on any atom is -0.481 e. The Hall–Kier alpha value is -2.24. The van der Waals surface area contributed by atoms with Gasteiger partial charge in [-0.15, -0.1) is 37.1 Å². The van der Waals surface area contributed by atoms with Crippen LogP contribution in [0.4, 0.5) is 13.2 Å². The van der Waals surface area contributed by atoms with Crippen LogP contribution in [0.1, 0.15) is 11.1 Å². The number of aliphatic imine (C=N–C) groups is 1. The molecule has 1 aromatic carbocycles. The molecule has 0 aliphatic rings. The number of rotatable bonds is 6. The summed E-state index contributed by atoms with van der Waals surface area (Å²) in [7, 11) is 3.09. The largest absolute Gasteiger partial charge is 0.573 e. The van der Waals surface area contributed by atoms with Crippen LogP contribution in [0.3, 0.4) is 0 Å². The van der Waals surface area contributed by atoms with E-state index >= 15 is 0 Å². The maximum atomic E-state index is 12.5. The lowest BCUT2D eigenvalue weighted by Gasteiger charge is -2.16. The number of alkyl halides is 3. The number of halogens is 4. The molecule has 0 aliphatic heterocycles. The Bertz CT molecular complexity index is 757.